The molecular weight excluding hydrogens is 600 g/mol. The minimum atomic E-state index is -0.948. The average Bonchev–Trinajstić information content (AvgIpc) is 3.53. The highest BCUT2D eigenvalue weighted by molar-refractivity contribution is 5.95. The number of ether oxygens (including phenoxy) is 3. The summed E-state index contributed by atoms with van der Waals surface area (Å²) >= 11 is 0. The SMILES string of the molecule is Cc1nc(C)c2c(n1)N(Cc1ccc(-c3ccccc3-c3nnn(C(C)OC(=O)OCCOCCON(O)O)n3)cc1)C(=O)CC2. The van der Waals surface area contributed by atoms with Gasteiger partial charge in [0.15, 0.2) is 0 Å². The van der Waals surface area contributed by atoms with Crippen molar-refractivity contribution in [2.45, 2.75) is 46.4 Å². The lowest BCUT2D eigenvalue weighted by Crippen LogP contribution is -2.36. The van der Waals surface area contributed by atoms with Crippen molar-refractivity contribution in [3.8, 4) is 22.5 Å². The lowest BCUT2D eigenvalue weighted by molar-refractivity contribution is -0.493. The molecule has 1 aliphatic rings. The maximum Gasteiger partial charge on any atom is 0.510 e. The lowest BCUT2D eigenvalue weighted by Gasteiger charge is -2.29. The van der Waals surface area contributed by atoms with Crippen LogP contribution in [-0.4, -0.2) is 84.5 Å². The minimum Gasteiger partial charge on any atom is -0.432 e. The van der Waals surface area contributed by atoms with Crippen molar-refractivity contribution < 1.29 is 39.1 Å². The molecule has 4 aromatic rings. The van der Waals surface area contributed by atoms with Crippen LogP contribution in [-0.2, 0) is 36.8 Å². The number of benzene rings is 2. The van der Waals surface area contributed by atoms with E-state index in [4.69, 9.17) is 24.6 Å². The predicted octanol–water partition coefficient (Wildman–Crippen LogP) is 3.59. The highest BCUT2D eigenvalue weighted by Gasteiger charge is 2.28. The second kappa shape index (κ2) is 14.9. The van der Waals surface area contributed by atoms with Crippen LogP contribution in [0.15, 0.2) is 48.5 Å². The third-order valence-electron chi connectivity index (χ3n) is 7.13. The molecule has 16 heteroatoms. The van der Waals surface area contributed by atoms with Crippen molar-refractivity contribution in [3.63, 3.8) is 0 Å². The highest BCUT2D eigenvalue weighted by Crippen LogP contribution is 2.32. The van der Waals surface area contributed by atoms with E-state index in [0.717, 1.165) is 33.5 Å². The molecule has 0 aliphatic carbocycles. The number of anilines is 1. The third-order valence-corrected chi connectivity index (χ3v) is 7.13. The van der Waals surface area contributed by atoms with Gasteiger partial charge in [0.2, 0.25) is 18.0 Å². The molecule has 46 heavy (non-hydrogen) atoms. The second-order valence-corrected chi connectivity index (χ2v) is 10.3. The van der Waals surface area contributed by atoms with E-state index < -0.39 is 17.8 Å². The van der Waals surface area contributed by atoms with E-state index in [1.807, 2.05) is 62.4 Å². The number of hydrogen-bond donors (Lipinski definition) is 2. The number of nitrogens with zero attached hydrogens (tertiary/aromatic N) is 8. The molecule has 2 N–H and O–H groups in total. The zero-order valence-electron chi connectivity index (χ0n) is 25.6. The first kappa shape index (κ1) is 32.5. The monoisotopic (exact) mass is 634 g/mol. The highest BCUT2D eigenvalue weighted by atomic mass is 17.1. The Hall–Kier alpha value is -4.87. The van der Waals surface area contributed by atoms with Gasteiger partial charge in [-0.25, -0.2) is 19.6 Å². The predicted molar refractivity (Wildman–Crippen MR) is 159 cm³/mol. The first-order chi connectivity index (χ1) is 22.2. The fourth-order valence-electron chi connectivity index (χ4n) is 4.96. The van der Waals surface area contributed by atoms with Crippen LogP contribution < -0.4 is 4.90 Å². The summed E-state index contributed by atoms with van der Waals surface area (Å²) in [7, 11) is 0. The van der Waals surface area contributed by atoms with Crippen LogP contribution in [0, 0.1) is 13.8 Å². The maximum absolute atomic E-state index is 12.9. The standard InChI is InChI=1S/C30H34N8O8/c1-19-24-12-13-27(39)36(29(24)32-20(2)31-19)18-22-8-10-23(11-9-22)25-6-4-5-7-26(25)28-33-35-37(34-28)21(3)46-30(40)44-16-14-43-15-17-45-38(41)42/h4-11,21,41-42H,12-18H2,1-3H3. The third kappa shape index (κ3) is 8.04. The Morgan fingerprint density at radius 1 is 0.978 bits per heavy atom. The van der Waals surface area contributed by atoms with Crippen LogP contribution >= 0.6 is 0 Å². The van der Waals surface area contributed by atoms with Crippen LogP contribution in [0.25, 0.3) is 22.5 Å². The summed E-state index contributed by atoms with van der Waals surface area (Å²) < 4.78 is 15.3. The van der Waals surface area contributed by atoms with Gasteiger partial charge in [-0.05, 0) is 49.1 Å². The molecule has 3 heterocycles. The molecule has 0 radical (unpaired) electrons. The normalized spacial score (nSPS) is 13.5. The molecule has 0 spiro atoms. The molecule has 1 aliphatic heterocycles. The molecule has 1 atom stereocenters. The van der Waals surface area contributed by atoms with Gasteiger partial charge in [-0.2, -0.15) is 0 Å². The van der Waals surface area contributed by atoms with Gasteiger partial charge in [0.1, 0.15) is 18.2 Å². The van der Waals surface area contributed by atoms with Crippen LogP contribution in [0.2, 0.25) is 0 Å². The Bertz CT molecular complexity index is 1660. The molecule has 2 aromatic heterocycles. The zero-order valence-corrected chi connectivity index (χ0v) is 25.6. The summed E-state index contributed by atoms with van der Waals surface area (Å²) in [6.45, 7) is 5.66. The van der Waals surface area contributed by atoms with Crippen molar-refractivity contribution in [3.05, 3.63) is 71.2 Å². The molecule has 2 aromatic carbocycles. The number of amides is 1. The van der Waals surface area contributed by atoms with Crippen molar-refractivity contribution in [1.82, 2.24) is 35.6 Å². The van der Waals surface area contributed by atoms with Gasteiger partial charge >= 0.3 is 6.16 Å². The van der Waals surface area contributed by atoms with Gasteiger partial charge in [0.25, 0.3) is 0 Å². The molecule has 5 rings (SSSR count). The summed E-state index contributed by atoms with van der Waals surface area (Å²) in [5, 5.41) is 29.1. The number of rotatable bonds is 13. The Kier molecular flexibility index (Phi) is 10.6. The van der Waals surface area contributed by atoms with E-state index in [1.165, 1.54) is 4.80 Å². The summed E-state index contributed by atoms with van der Waals surface area (Å²) in [5.74, 6) is 1.70. The quantitative estimate of drug-likeness (QED) is 0.123. The first-order valence-electron chi connectivity index (χ1n) is 14.5. The largest absolute Gasteiger partial charge is 0.510 e. The summed E-state index contributed by atoms with van der Waals surface area (Å²) in [6, 6.07) is 15.5. The zero-order chi connectivity index (χ0) is 32.6. The molecule has 1 amide bonds. The number of fused-ring (bicyclic) bond motifs is 1. The van der Waals surface area contributed by atoms with Crippen LogP contribution in [0.3, 0.4) is 0 Å². The lowest BCUT2D eigenvalue weighted by atomic mass is 9.98. The fraction of sp³-hybridized carbons (Fsp3) is 0.367. The average molecular weight is 635 g/mol. The molecule has 0 saturated carbocycles. The summed E-state index contributed by atoms with van der Waals surface area (Å²) in [4.78, 5) is 41.2. The van der Waals surface area contributed by atoms with Crippen LogP contribution in [0.5, 0.6) is 0 Å². The number of aryl methyl sites for hydroxylation is 2. The van der Waals surface area contributed by atoms with Crippen molar-refractivity contribution in [2.24, 2.45) is 0 Å². The Morgan fingerprint density at radius 3 is 2.48 bits per heavy atom. The van der Waals surface area contributed by atoms with E-state index in [0.29, 0.717) is 36.9 Å². The van der Waals surface area contributed by atoms with Gasteiger partial charge in [-0.15, -0.1) is 15.0 Å². The molecule has 0 bridgehead atoms. The van der Waals surface area contributed by atoms with Crippen molar-refractivity contribution in [1.29, 1.82) is 0 Å². The van der Waals surface area contributed by atoms with E-state index >= 15 is 0 Å². The molecule has 0 saturated heterocycles. The van der Waals surface area contributed by atoms with Crippen molar-refractivity contribution in [2.75, 3.05) is 31.3 Å². The number of hydrogen-bond acceptors (Lipinski definition) is 14. The fourth-order valence-corrected chi connectivity index (χ4v) is 4.96. The maximum atomic E-state index is 12.9. The van der Waals surface area contributed by atoms with E-state index in [1.54, 1.807) is 11.8 Å². The molecule has 242 valence electrons. The minimum absolute atomic E-state index is 0.0377. The van der Waals surface area contributed by atoms with E-state index in [-0.39, 0.29) is 32.3 Å². The molecular formula is C30H34N8O8. The summed E-state index contributed by atoms with van der Waals surface area (Å²) in [6.07, 6.45) is -0.786. The van der Waals surface area contributed by atoms with Gasteiger partial charge in [-0.1, -0.05) is 48.5 Å². The smallest absolute Gasteiger partial charge is 0.432 e. The first-order valence-corrected chi connectivity index (χ1v) is 14.5. The second-order valence-electron chi connectivity index (χ2n) is 10.3. The summed E-state index contributed by atoms with van der Waals surface area (Å²) in [5.41, 5.74) is 5.40. The van der Waals surface area contributed by atoms with Gasteiger partial charge in [-0.3, -0.25) is 20.1 Å². The number of tetrazole rings is 1. The number of aromatic nitrogens is 6. The Labute approximate surface area is 264 Å². The molecule has 0 fully saturated rings. The number of carbonyl (C=O) groups is 2. The van der Waals surface area contributed by atoms with Crippen molar-refractivity contribution >= 4 is 17.9 Å². The number of carbonyl (C=O) groups excluding carboxylic acids is 2. The Morgan fingerprint density at radius 2 is 1.72 bits per heavy atom. The van der Waals surface area contributed by atoms with E-state index in [9.17, 15) is 9.59 Å². The topological polar surface area (TPSA) is 187 Å². The van der Waals surface area contributed by atoms with E-state index in [2.05, 4.69) is 30.2 Å². The van der Waals surface area contributed by atoms with Gasteiger partial charge in [0.05, 0.1) is 31.8 Å². The molecule has 16 nitrogen and oxygen atoms in total. The van der Waals surface area contributed by atoms with Gasteiger partial charge in [0, 0.05) is 23.2 Å². The van der Waals surface area contributed by atoms with Crippen LogP contribution in [0.1, 0.15) is 42.2 Å². The van der Waals surface area contributed by atoms with Gasteiger partial charge < -0.3 is 14.2 Å². The molecule has 1 unspecified atom stereocenters. The van der Waals surface area contributed by atoms with Crippen LogP contribution in [0.4, 0.5) is 10.6 Å². The Balaban J connectivity index is 1.21.